The van der Waals surface area contributed by atoms with Crippen LogP contribution in [-0.2, 0) is 4.79 Å². The Morgan fingerprint density at radius 2 is 2.09 bits per heavy atom. The van der Waals surface area contributed by atoms with Crippen LogP contribution in [0, 0.1) is 5.92 Å². The van der Waals surface area contributed by atoms with E-state index in [4.69, 9.17) is 23.8 Å². The van der Waals surface area contributed by atoms with E-state index in [-0.39, 0.29) is 5.91 Å². The molecule has 0 radical (unpaired) electrons. The minimum atomic E-state index is 0.00914. The van der Waals surface area contributed by atoms with Gasteiger partial charge in [0.2, 0.25) is 0 Å². The Hall–Kier alpha value is -0.840. The minimum Gasteiger partial charge on any atom is -0.293 e. The number of rotatable bonds is 7. The highest BCUT2D eigenvalue weighted by molar-refractivity contribution is 8.26. The van der Waals surface area contributed by atoms with E-state index in [9.17, 15) is 4.79 Å². The van der Waals surface area contributed by atoms with Gasteiger partial charge in [0.1, 0.15) is 4.32 Å². The summed E-state index contributed by atoms with van der Waals surface area (Å²) in [5.74, 6) is 0.520. The average Bonchev–Trinajstić information content (AvgIpc) is 2.80. The SMILES string of the molecule is CCCC[C@H](CC)CN1C(=O)/C(=C/c2ccccc2Cl)SC1=S. The molecule has 0 unspecified atom stereocenters. The van der Waals surface area contributed by atoms with Crippen LogP contribution in [0.3, 0.4) is 0 Å². The molecule has 1 heterocycles. The third-order valence-corrected chi connectivity index (χ3v) is 5.77. The molecule has 0 aliphatic carbocycles. The van der Waals surface area contributed by atoms with Crippen molar-refractivity contribution in [2.24, 2.45) is 5.92 Å². The lowest BCUT2D eigenvalue weighted by Gasteiger charge is -2.21. The van der Waals surface area contributed by atoms with Crippen LogP contribution in [-0.4, -0.2) is 21.7 Å². The Morgan fingerprint density at radius 3 is 2.74 bits per heavy atom. The second-order valence-electron chi connectivity index (χ2n) is 5.73. The first-order valence-electron chi connectivity index (χ1n) is 8.06. The van der Waals surface area contributed by atoms with Gasteiger partial charge in [-0.2, -0.15) is 0 Å². The molecular weight excluding hydrogens is 346 g/mol. The van der Waals surface area contributed by atoms with Gasteiger partial charge in [0.15, 0.2) is 0 Å². The second-order valence-corrected chi connectivity index (χ2v) is 7.81. The van der Waals surface area contributed by atoms with Crippen molar-refractivity contribution in [2.45, 2.75) is 39.5 Å². The van der Waals surface area contributed by atoms with Crippen molar-refractivity contribution in [1.82, 2.24) is 4.90 Å². The van der Waals surface area contributed by atoms with Crippen molar-refractivity contribution in [3.8, 4) is 0 Å². The smallest absolute Gasteiger partial charge is 0.266 e. The fourth-order valence-corrected chi connectivity index (χ4v) is 4.02. The van der Waals surface area contributed by atoms with E-state index in [1.54, 1.807) is 4.90 Å². The summed E-state index contributed by atoms with van der Waals surface area (Å²) in [6.45, 7) is 5.09. The van der Waals surface area contributed by atoms with E-state index in [1.807, 2.05) is 30.3 Å². The van der Waals surface area contributed by atoms with E-state index in [0.29, 0.717) is 20.2 Å². The maximum Gasteiger partial charge on any atom is 0.266 e. The van der Waals surface area contributed by atoms with Gasteiger partial charge < -0.3 is 0 Å². The largest absolute Gasteiger partial charge is 0.293 e. The number of unbranched alkanes of at least 4 members (excludes halogenated alkanes) is 1. The first-order chi connectivity index (χ1) is 11.1. The van der Waals surface area contributed by atoms with E-state index in [0.717, 1.165) is 24.9 Å². The summed E-state index contributed by atoms with van der Waals surface area (Å²) in [5.41, 5.74) is 0.854. The molecule has 124 valence electrons. The number of thioether (sulfide) groups is 1. The number of amides is 1. The molecule has 1 atom stereocenters. The normalized spacial score (nSPS) is 18.0. The summed E-state index contributed by atoms with van der Waals surface area (Å²) in [6, 6.07) is 7.53. The fraction of sp³-hybridized carbons (Fsp3) is 0.444. The second kappa shape index (κ2) is 8.86. The summed E-state index contributed by atoms with van der Waals surface area (Å²) in [4.78, 5) is 15.1. The van der Waals surface area contributed by atoms with Gasteiger partial charge in [0.25, 0.3) is 5.91 Å². The molecule has 0 spiro atoms. The number of nitrogens with zero attached hydrogens (tertiary/aromatic N) is 1. The molecule has 0 saturated carbocycles. The Labute approximate surface area is 153 Å². The molecule has 0 N–H and O–H groups in total. The zero-order chi connectivity index (χ0) is 16.8. The molecule has 1 aromatic rings. The van der Waals surface area contributed by atoms with E-state index in [2.05, 4.69) is 13.8 Å². The van der Waals surface area contributed by atoms with Crippen molar-refractivity contribution in [3.63, 3.8) is 0 Å². The van der Waals surface area contributed by atoms with Crippen molar-refractivity contribution in [2.75, 3.05) is 6.54 Å². The molecule has 1 fully saturated rings. The Morgan fingerprint density at radius 1 is 1.35 bits per heavy atom. The van der Waals surface area contributed by atoms with Crippen molar-refractivity contribution in [1.29, 1.82) is 0 Å². The number of carbonyl (C=O) groups is 1. The predicted molar refractivity (Wildman–Crippen MR) is 105 cm³/mol. The predicted octanol–water partition coefficient (Wildman–Crippen LogP) is 5.76. The number of halogens is 1. The van der Waals surface area contributed by atoms with Gasteiger partial charge >= 0.3 is 0 Å². The topological polar surface area (TPSA) is 20.3 Å². The Kier molecular flexibility index (Phi) is 7.12. The maximum absolute atomic E-state index is 12.7. The van der Waals surface area contributed by atoms with Crippen LogP contribution in [0.15, 0.2) is 29.2 Å². The van der Waals surface area contributed by atoms with Gasteiger partial charge in [-0.05, 0) is 30.0 Å². The molecule has 1 amide bonds. The van der Waals surface area contributed by atoms with Gasteiger partial charge in [0, 0.05) is 11.6 Å². The van der Waals surface area contributed by atoms with Crippen molar-refractivity contribution < 1.29 is 4.79 Å². The fourth-order valence-electron chi connectivity index (χ4n) is 2.57. The molecule has 23 heavy (non-hydrogen) atoms. The van der Waals surface area contributed by atoms with Crippen molar-refractivity contribution in [3.05, 3.63) is 39.8 Å². The highest BCUT2D eigenvalue weighted by Crippen LogP contribution is 2.34. The summed E-state index contributed by atoms with van der Waals surface area (Å²) in [7, 11) is 0. The third kappa shape index (κ3) is 4.82. The van der Waals surface area contributed by atoms with Crippen LogP contribution < -0.4 is 0 Å². The summed E-state index contributed by atoms with van der Waals surface area (Å²) in [5, 5.41) is 0.646. The molecule has 2 rings (SSSR count). The summed E-state index contributed by atoms with van der Waals surface area (Å²) >= 11 is 13.0. The zero-order valence-electron chi connectivity index (χ0n) is 13.5. The molecule has 0 aromatic heterocycles. The molecule has 5 heteroatoms. The van der Waals surface area contributed by atoms with Gasteiger partial charge in [-0.3, -0.25) is 9.69 Å². The van der Waals surface area contributed by atoms with Gasteiger partial charge in [-0.25, -0.2) is 0 Å². The van der Waals surface area contributed by atoms with Gasteiger partial charge in [-0.1, -0.05) is 86.9 Å². The highest BCUT2D eigenvalue weighted by Gasteiger charge is 2.33. The number of hydrogen-bond acceptors (Lipinski definition) is 3. The maximum atomic E-state index is 12.7. The van der Waals surface area contributed by atoms with Gasteiger partial charge in [0.05, 0.1) is 4.91 Å². The van der Waals surface area contributed by atoms with Gasteiger partial charge in [-0.15, -0.1) is 0 Å². The van der Waals surface area contributed by atoms with Crippen LogP contribution in [0.5, 0.6) is 0 Å². The third-order valence-electron chi connectivity index (χ3n) is 4.05. The Bertz CT molecular complexity index is 615. The Balaban J connectivity index is 2.12. The van der Waals surface area contributed by atoms with Crippen LogP contribution in [0.2, 0.25) is 5.02 Å². The summed E-state index contributed by atoms with van der Waals surface area (Å²) in [6.07, 6.45) is 6.44. The lowest BCUT2D eigenvalue weighted by atomic mass is 9.99. The monoisotopic (exact) mass is 367 g/mol. The van der Waals surface area contributed by atoms with Crippen LogP contribution in [0.4, 0.5) is 0 Å². The first kappa shape index (κ1) is 18.5. The van der Waals surface area contributed by atoms with E-state index in [1.165, 1.54) is 24.6 Å². The number of hydrogen-bond donors (Lipinski definition) is 0. The number of benzene rings is 1. The molecule has 0 bridgehead atoms. The quantitative estimate of drug-likeness (QED) is 0.451. The number of thiocarbonyl (C=S) groups is 1. The minimum absolute atomic E-state index is 0.00914. The van der Waals surface area contributed by atoms with Crippen LogP contribution in [0.25, 0.3) is 6.08 Å². The first-order valence-corrected chi connectivity index (χ1v) is 9.67. The molecule has 1 aromatic carbocycles. The zero-order valence-corrected chi connectivity index (χ0v) is 15.9. The average molecular weight is 368 g/mol. The van der Waals surface area contributed by atoms with E-state index >= 15 is 0 Å². The molecule has 1 saturated heterocycles. The van der Waals surface area contributed by atoms with Crippen LogP contribution in [0.1, 0.15) is 45.1 Å². The van der Waals surface area contributed by atoms with Crippen molar-refractivity contribution >= 4 is 51.9 Å². The lowest BCUT2D eigenvalue weighted by molar-refractivity contribution is -0.122. The lowest BCUT2D eigenvalue weighted by Crippen LogP contribution is -2.33. The highest BCUT2D eigenvalue weighted by atomic mass is 35.5. The van der Waals surface area contributed by atoms with E-state index < -0.39 is 0 Å². The molecule has 1 aliphatic heterocycles. The molecule has 2 nitrogen and oxygen atoms in total. The molecular formula is C18H22ClNOS2. The van der Waals surface area contributed by atoms with Crippen LogP contribution >= 0.6 is 35.6 Å². The standard InChI is InChI=1S/C18H22ClNOS2/c1-3-5-8-13(4-2)12-20-17(21)16(23-18(20)22)11-14-9-6-7-10-15(14)19/h6-7,9-11,13H,3-5,8,12H2,1-2H3/b16-11-/t13-/m0/s1. The summed E-state index contributed by atoms with van der Waals surface area (Å²) < 4.78 is 0.656. The molecule has 1 aliphatic rings. The number of carbonyl (C=O) groups excluding carboxylic acids is 1.